The molecule has 1 aromatic heterocycles. The molecule has 0 fully saturated rings. The van der Waals surface area contributed by atoms with Crippen molar-refractivity contribution in [2.45, 2.75) is 0 Å². The van der Waals surface area contributed by atoms with Crippen LogP contribution in [0.15, 0.2) is 18.2 Å². The van der Waals surface area contributed by atoms with Crippen LogP contribution in [0.3, 0.4) is 0 Å². The second-order valence-electron chi connectivity index (χ2n) is 2.81. The maximum absolute atomic E-state index is 9.24. The summed E-state index contributed by atoms with van der Waals surface area (Å²) in [7, 11) is 1.82. The lowest BCUT2D eigenvalue weighted by Gasteiger charge is -1.99. The van der Waals surface area contributed by atoms with E-state index in [9.17, 15) is 5.11 Å². The monoisotopic (exact) mass is 178 g/mol. The Morgan fingerprint density at radius 1 is 1.54 bits per heavy atom. The molecule has 2 rings (SSSR count). The second-order valence-corrected chi connectivity index (χ2v) is 2.81. The molecule has 0 aliphatic heterocycles. The van der Waals surface area contributed by atoms with Gasteiger partial charge in [0, 0.05) is 13.1 Å². The highest BCUT2D eigenvalue weighted by atomic mass is 16.3. The summed E-state index contributed by atoms with van der Waals surface area (Å²) in [6, 6.07) is 4.98. The Labute approximate surface area is 74.8 Å². The molecule has 4 N–H and O–H groups in total. The average Bonchev–Trinajstić information content (AvgIpc) is 2.44. The van der Waals surface area contributed by atoms with Crippen LogP contribution in [-0.2, 0) is 7.05 Å². The zero-order valence-corrected chi connectivity index (χ0v) is 7.15. The van der Waals surface area contributed by atoms with Gasteiger partial charge in [0.05, 0.1) is 11.0 Å². The standard InChI is InChI=1S/C8H10N4O/c1-12-7-4-5(13)2-3-6(7)10-8(12)11-9/h2-4,13H,9H2,1H3,(H,10,11). The lowest BCUT2D eigenvalue weighted by molar-refractivity contribution is 0.476. The molecule has 0 atom stereocenters. The Bertz CT molecular complexity index is 449. The largest absolute Gasteiger partial charge is 0.508 e. The van der Waals surface area contributed by atoms with E-state index >= 15 is 0 Å². The van der Waals surface area contributed by atoms with Crippen molar-refractivity contribution in [2.75, 3.05) is 5.43 Å². The van der Waals surface area contributed by atoms with Crippen molar-refractivity contribution in [3.8, 4) is 5.75 Å². The molecule has 1 heterocycles. The number of nitrogens with one attached hydrogen (secondary N) is 1. The zero-order valence-electron chi connectivity index (χ0n) is 7.15. The van der Waals surface area contributed by atoms with Gasteiger partial charge in [-0.1, -0.05) is 0 Å². The lowest BCUT2D eigenvalue weighted by Crippen LogP contribution is -2.11. The number of phenolic OH excluding ortho intramolecular Hbond substituents is 1. The fourth-order valence-electron chi connectivity index (χ4n) is 1.31. The summed E-state index contributed by atoms with van der Waals surface area (Å²) >= 11 is 0. The molecule has 0 aliphatic carbocycles. The van der Waals surface area contributed by atoms with E-state index in [1.165, 1.54) is 0 Å². The van der Waals surface area contributed by atoms with Gasteiger partial charge in [-0.3, -0.25) is 5.43 Å². The molecular weight excluding hydrogens is 168 g/mol. The minimum atomic E-state index is 0.221. The average molecular weight is 178 g/mol. The Morgan fingerprint density at radius 3 is 3.00 bits per heavy atom. The first kappa shape index (κ1) is 7.88. The van der Waals surface area contributed by atoms with Gasteiger partial charge in [-0.25, -0.2) is 10.8 Å². The Morgan fingerprint density at radius 2 is 2.31 bits per heavy atom. The third kappa shape index (κ3) is 1.09. The van der Waals surface area contributed by atoms with Crippen molar-refractivity contribution < 1.29 is 5.11 Å². The number of nitrogen functional groups attached to an aromatic ring is 1. The summed E-state index contributed by atoms with van der Waals surface area (Å²) in [5, 5.41) is 9.24. The van der Waals surface area contributed by atoms with Crippen LogP contribution in [0.5, 0.6) is 5.75 Å². The number of aromatic nitrogens is 2. The number of aromatic hydroxyl groups is 1. The smallest absolute Gasteiger partial charge is 0.218 e. The predicted molar refractivity (Wildman–Crippen MR) is 50.2 cm³/mol. The van der Waals surface area contributed by atoms with Gasteiger partial charge in [-0.05, 0) is 12.1 Å². The minimum Gasteiger partial charge on any atom is -0.508 e. The number of anilines is 1. The first-order valence-electron chi connectivity index (χ1n) is 3.84. The van der Waals surface area contributed by atoms with Crippen molar-refractivity contribution >= 4 is 17.0 Å². The Balaban J connectivity index is 2.77. The van der Waals surface area contributed by atoms with E-state index in [0.29, 0.717) is 5.95 Å². The molecule has 5 heteroatoms. The molecule has 0 radical (unpaired) electrons. The SMILES string of the molecule is Cn1c(NN)nc2ccc(O)cc21. The number of nitrogens with two attached hydrogens (primary N) is 1. The number of imidazole rings is 1. The third-order valence-corrected chi connectivity index (χ3v) is 1.99. The predicted octanol–water partition coefficient (Wildman–Crippen LogP) is 0.564. The fourth-order valence-corrected chi connectivity index (χ4v) is 1.31. The molecule has 0 unspecified atom stereocenters. The van der Waals surface area contributed by atoms with Crippen molar-refractivity contribution in [3.63, 3.8) is 0 Å². The molecule has 68 valence electrons. The van der Waals surface area contributed by atoms with E-state index in [1.807, 2.05) is 7.05 Å². The summed E-state index contributed by atoms with van der Waals surface area (Å²) in [5.41, 5.74) is 4.11. The van der Waals surface area contributed by atoms with Gasteiger partial charge in [0.15, 0.2) is 0 Å². The van der Waals surface area contributed by atoms with Crippen LogP contribution in [0.2, 0.25) is 0 Å². The van der Waals surface area contributed by atoms with Crippen molar-refractivity contribution in [1.29, 1.82) is 0 Å². The molecule has 0 saturated heterocycles. The Kier molecular flexibility index (Phi) is 1.60. The van der Waals surface area contributed by atoms with Gasteiger partial charge < -0.3 is 9.67 Å². The van der Waals surface area contributed by atoms with Gasteiger partial charge in [0.25, 0.3) is 0 Å². The highest BCUT2D eigenvalue weighted by molar-refractivity contribution is 5.79. The lowest BCUT2D eigenvalue weighted by atomic mass is 10.3. The van der Waals surface area contributed by atoms with E-state index in [4.69, 9.17) is 5.84 Å². The van der Waals surface area contributed by atoms with Gasteiger partial charge in [-0.2, -0.15) is 0 Å². The fraction of sp³-hybridized carbons (Fsp3) is 0.125. The topological polar surface area (TPSA) is 76.1 Å². The summed E-state index contributed by atoms with van der Waals surface area (Å²) in [5.74, 6) is 6.05. The minimum absolute atomic E-state index is 0.221. The highest BCUT2D eigenvalue weighted by Gasteiger charge is 2.05. The van der Waals surface area contributed by atoms with Crippen molar-refractivity contribution in [2.24, 2.45) is 12.9 Å². The van der Waals surface area contributed by atoms with Crippen LogP contribution in [0.1, 0.15) is 0 Å². The van der Waals surface area contributed by atoms with Crippen molar-refractivity contribution in [1.82, 2.24) is 9.55 Å². The summed E-state index contributed by atoms with van der Waals surface area (Å²) < 4.78 is 1.77. The highest BCUT2D eigenvalue weighted by Crippen LogP contribution is 2.21. The number of rotatable bonds is 1. The number of hydrogen-bond acceptors (Lipinski definition) is 4. The van der Waals surface area contributed by atoms with Crippen LogP contribution < -0.4 is 11.3 Å². The second kappa shape index (κ2) is 2.63. The van der Waals surface area contributed by atoms with E-state index < -0.39 is 0 Å². The maximum atomic E-state index is 9.24. The van der Waals surface area contributed by atoms with E-state index in [1.54, 1.807) is 22.8 Å². The van der Waals surface area contributed by atoms with E-state index in [2.05, 4.69) is 10.4 Å². The summed E-state index contributed by atoms with van der Waals surface area (Å²) in [6.07, 6.45) is 0. The van der Waals surface area contributed by atoms with Crippen LogP contribution in [0, 0.1) is 0 Å². The maximum Gasteiger partial charge on any atom is 0.218 e. The normalized spacial score (nSPS) is 10.6. The van der Waals surface area contributed by atoms with E-state index in [-0.39, 0.29) is 5.75 Å². The quantitative estimate of drug-likeness (QED) is 0.440. The number of nitrogens with zero attached hydrogens (tertiary/aromatic N) is 2. The van der Waals surface area contributed by atoms with Gasteiger partial charge in [0.2, 0.25) is 5.95 Å². The summed E-state index contributed by atoms with van der Waals surface area (Å²) in [6.45, 7) is 0. The number of benzene rings is 1. The number of fused-ring (bicyclic) bond motifs is 1. The molecule has 2 aromatic rings. The molecule has 1 aromatic carbocycles. The first-order chi connectivity index (χ1) is 6.22. The first-order valence-corrected chi connectivity index (χ1v) is 3.84. The molecule has 0 bridgehead atoms. The van der Waals surface area contributed by atoms with Gasteiger partial charge in [-0.15, -0.1) is 0 Å². The number of hydrogen-bond donors (Lipinski definition) is 3. The number of aryl methyl sites for hydroxylation is 1. The zero-order chi connectivity index (χ0) is 9.42. The number of phenols is 1. The van der Waals surface area contributed by atoms with Crippen LogP contribution in [0.4, 0.5) is 5.95 Å². The summed E-state index contributed by atoms with van der Waals surface area (Å²) in [4.78, 5) is 4.19. The molecule has 0 aliphatic rings. The Hall–Kier alpha value is -1.75. The van der Waals surface area contributed by atoms with E-state index in [0.717, 1.165) is 11.0 Å². The molecule has 0 amide bonds. The van der Waals surface area contributed by atoms with Crippen LogP contribution in [0.25, 0.3) is 11.0 Å². The van der Waals surface area contributed by atoms with Gasteiger partial charge in [0.1, 0.15) is 5.75 Å². The third-order valence-electron chi connectivity index (χ3n) is 1.99. The van der Waals surface area contributed by atoms with Gasteiger partial charge >= 0.3 is 0 Å². The van der Waals surface area contributed by atoms with Crippen molar-refractivity contribution in [3.05, 3.63) is 18.2 Å². The molecule has 0 spiro atoms. The molecular formula is C8H10N4O. The molecule has 5 nitrogen and oxygen atoms in total. The van der Waals surface area contributed by atoms with Crippen LogP contribution >= 0.6 is 0 Å². The molecule has 0 saturated carbocycles. The number of hydrazine groups is 1. The molecule has 13 heavy (non-hydrogen) atoms. The van der Waals surface area contributed by atoms with Crippen LogP contribution in [-0.4, -0.2) is 14.7 Å².